The van der Waals surface area contributed by atoms with Gasteiger partial charge < -0.3 is 20.1 Å². The Morgan fingerprint density at radius 3 is 2.36 bits per heavy atom. The molecule has 1 aromatic carbocycles. The lowest BCUT2D eigenvalue weighted by atomic mass is 10.1. The quantitative estimate of drug-likeness (QED) is 0.915. The van der Waals surface area contributed by atoms with E-state index in [2.05, 4.69) is 51.1 Å². The molecule has 8 heteroatoms. The highest BCUT2D eigenvalue weighted by molar-refractivity contribution is 5.85. The number of halogens is 2. The van der Waals surface area contributed by atoms with Crippen LogP contribution in [0.2, 0.25) is 0 Å². The molecule has 0 amide bonds. The van der Waals surface area contributed by atoms with Crippen molar-refractivity contribution in [3.63, 3.8) is 0 Å². The van der Waals surface area contributed by atoms with E-state index < -0.39 is 0 Å². The second kappa shape index (κ2) is 8.22. The van der Waals surface area contributed by atoms with Gasteiger partial charge in [0, 0.05) is 19.6 Å². The number of benzene rings is 1. The van der Waals surface area contributed by atoms with E-state index in [1.807, 2.05) is 0 Å². The number of anilines is 2. The Kier molecular flexibility index (Phi) is 6.93. The molecule has 2 aromatic rings. The summed E-state index contributed by atoms with van der Waals surface area (Å²) < 4.78 is 5.06. The molecule has 0 saturated carbocycles. The van der Waals surface area contributed by atoms with Crippen molar-refractivity contribution in [1.29, 1.82) is 0 Å². The minimum Gasteiger partial charge on any atom is -0.368 e. The van der Waals surface area contributed by atoms with Crippen molar-refractivity contribution in [3.05, 3.63) is 36.0 Å². The van der Waals surface area contributed by atoms with Crippen molar-refractivity contribution in [3.8, 4) is 0 Å². The maximum Gasteiger partial charge on any atom is 0.240 e. The van der Waals surface area contributed by atoms with Gasteiger partial charge in [-0.2, -0.15) is 4.98 Å². The van der Waals surface area contributed by atoms with Gasteiger partial charge >= 0.3 is 0 Å². The standard InChI is InChI=1S/C14H19N5O.2ClH/c1-2-18-7-8-19(12-6-4-3-5-11(12)18)10-13-16-14(9-15)20-17-13;;/h3-6H,2,7-10,15H2,1H3;2*1H. The van der Waals surface area contributed by atoms with Crippen LogP contribution in [-0.4, -0.2) is 29.8 Å². The van der Waals surface area contributed by atoms with Crippen LogP contribution in [0, 0.1) is 0 Å². The first-order chi connectivity index (χ1) is 9.81. The van der Waals surface area contributed by atoms with Crippen molar-refractivity contribution in [1.82, 2.24) is 10.1 Å². The Labute approximate surface area is 142 Å². The van der Waals surface area contributed by atoms with Gasteiger partial charge in [-0.25, -0.2) is 0 Å². The zero-order valence-electron chi connectivity index (χ0n) is 12.4. The van der Waals surface area contributed by atoms with Crippen molar-refractivity contribution in [2.75, 3.05) is 29.4 Å². The molecule has 0 unspecified atom stereocenters. The van der Waals surface area contributed by atoms with Gasteiger partial charge in [-0.1, -0.05) is 17.3 Å². The predicted molar refractivity (Wildman–Crippen MR) is 92.1 cm³/mol. The average Bonchev–Trinajstić information content (AvgIpc) is 2.95. The van der Waals surface area contributed by atoms with Crippen molar-refractivity contribution in [2.45, 2.75) is 20.0 Å². The molecular formula is C14H21Cl2N5O. The van der Waals surface area contributed by atoms with E-state index in [0.29, 0.717) is 18.3 Å². The maximum absolute atomic E-state index is 5.49. The highest BCUT2D eigenvalue weighted by Crippen LogP contribution is 2.33. The number of aromatic nitrogens is 2. The lowest BCUT2D eigenvalue weighted by molar-refractivity contribution is 0.374. The molecule has 3 rings (SSSR count). The summed E-state index contributed by atoms with van der Waals surface area (Å²) in [7, 11) is 0. The molecule has 6 nitrogen and oxygen atoms in total. The SMILES string of the molecule is CCN1CCN(Cc2noc(CN)n2)c2ccccc21.Cl.Cl. The molecule has 0 fully saturated rings. The van der Waals surface area contributed by atoms with Gasteiger partial charge in [0.25, 0.3) is 0 Å². The first-order valence-corrected chi connectivity index (χ1v) is 6.92. The molecule has 0 radical (unpaired) electrons. The molecule has 2 heterocycles. The van der Waals surface area contributed by atoms with Crippen LogP contribution < -0.4 is 15.5 Å². The summed E-state index contributed by atoms with van der Waals surface area (Å²) in [6.45, 7) is 6.10. The highest BCUT2D eigenvalue weighted by atomic mass is 35.5. The van der Waals surface area contributed by atoms with E-state index in [1.165, 1.54) is 11.4 Å². The summed E-state index contributed by atoms with van der Waals surface area (Å²) >= 11 is 0. The third kappa shape index (κ3) is 3.63. The molecule has 0 saturated heterocycles. The summed E-state index contributed by atoms with van der Waals surface area (Å²) in [5.41, 5.74) is 7.98. The third-order valence-electron chi connectivity index (χ3n) is 3.60. The molecule has 22 heavy (non-hydrogen) atoms. The molecule has 1 aromatic heterocycles. The lowest BCUT2D eigenvalue weighted by Crippen LogP contribution is -2.40. The minimum absolute atomic E-state index is 0. The second-order valence-corrected chi connectivity index (χ2v) is 4.80. The molecule has 0 aliphatic carbocycles. The summed E-state index contributed by atoms with van der Waals surface area (Å²) in [5, 5.41) is 3.97. The average molecular weight is 346 g/mol. The van der Waals surface area contributed by atoms with Crippen LogP contribution in [0.25, 0.3) is 0 Å². The molecule has 2 N–H and O–H groups in total. The fourth-order valence-corrected chi connectivity index (χ4v) is 2.58. The number of nitrogens with two attached hydrogens (primary N) is 1. The Morgan fingerprint density at radius 1 is 1.14 bits per heavy atom. The van der Waals surface area contributed by atoms with Gasteiger partial charge in [-0.05, 0) is 19.1 Å². The van der Waals surface area contributed by atoms with Gasteiger partial charge in [0.1, 0.15) is 0 Å². The van der Waals surface area contributed by atoms with Crippen LogP contribution >= 0.6 is 24.8 Å². The van der Waals surface area contributed by atoms with Gasteiger partial charge in [-0.15, -0.1) is 24.8 Å². The normalized spacial score (nSPS) is 13.2. The van der Waals surface area contributed by atoms with E-state index in [-0.39, 0.29) is 31.4 Å². The Morgan fingerprint density at radius 2 is 1.77 bits per heavy atom. The van der Waals surface area contributed by atoms with Crippen LogP contribution in [0.5, 0.6) is 0 Å². The van der Waals surface area contributed by atoms with Crippen molar-refractivity contribution >= 4 is 36.2 Å². The fraction of sp³-hybridized carbons (Fsp3) is 0.429. The number of fused-ring (bicyclic) bond motifs is 1. The number of hydrogen-bond donors (Lipinski definition) is 1. The smallest absolute Gasteiger partial charge is 0.240 e. The number of para-hydroxylation sites is 2. The molecule has 0 atom stereocenters. The topological polar surface area (TPSA) is 71.4 Å². The number of hydrogen-bond acceptors (Lipinski definition) is 6. The van der Waals surface area contributed by atoms with Gasteiger partial charge in [0.05, 0.1) is 24.5 Å². The Bertz CT molecular complexity index is 592. The summed E-state index contributed by atoms with van der Waals surface area (Å²) in [6.07, 6.45) is 0. The van der Waals surface area contributed by atoms with Crippen LogP contribution in [0.3, 0.4) is 0 Å². The number of nitrogens with zero attached hydrogens (tertiary/aromatic N) is 4. The number of rotatable bonds is 4. The van der Waals surface area contributed by atoms with Gasteiger partial charge in [0.2, 0.25) is 5.89 Å². The van der Waals surface area contributed by atoms with Crippen molar-refractivity contribution < 1.29 is 4.52 Å². The zero-order chi connectivity index (χ0) is 13.9. The summed E-state index contributed by atoms with van der Waals surface area (Å²) in [4.78, 5) is 8.94. The van der Waals surface area contributed by atoms with Crippen LogP contribution in [0.1, 0.15) is 18.6 Å². The van der Waals surface area contributed by atoms with E-state index >= 15 is 0 Å². The van der Waals surface area contributed by atoms with E-state index in [9.17, 15) is 0 Å². The monoisotopic (exact) mass is 345 g/mol. The van der Waals surface area contributed by atoms with Crippen LogP contribution in [-0.2, 0) is 13.1 Å². The molecule has 1 aliphatic heterocycles. The van der Waals surface area contributed by atoms with Gasteiger partial charge in [0.15, 0.2) is 5.82 Å². The lowest BCUT2D eigenvalue weighted by Gasteiger charge is -2.37. The molecule has 1 aliphatic rings. The minimum atomic E-state index is 0. The van der Waals surface area contributed by atoms with Crippen LogP contribution in [0.4, 0.5) is 11.4 Å². The zero-order valence-corrected chi connectivity index (χ0v) is 14.1. The first kappa shape index (κ1) is 18.5. The maximum atomic E-state index is 5.49. The summed E-state index contributed by atoms with van der Waals surface area (Å²) in [5.74, 6) is 1.17. The molecule has 122 valence electrons. The largest absolute Gasteiger partial charge is 0.368 e. The van der Waals surface area contributed by atoms with Crippen LogP contribution in [0.15, 0.2) is 28.8 Å². The Balaban J connectivity index is 0.00000121. The summed E-state index contributed by atoms with van der Waals surface area (Å²) in [6, 6.07) is 8.44. The van der Waals surface area contributed by atoms with E-state index in [1.54, 1.807) is 0 Å². The first-order valence-electron chi connectivity index (χ1n) is 6.92. The highest BCUT2D eigenvalue weighted by Gasteiger charge is 2.22. The van der Waals surface area contributed by atoms with E-state index in [4.69, 9.17) is 10.3 Å². The molecular weight excluding hydrogens is 325 g/mol. The fourth-order valence-electron chi connectivity index (χ4n) is 2.58. The molecule has 0 bridgehead atoms. The third-order valence-corrected chi connectivity index (χ3v) is 3.60. The Hall–Kier alpha value is -1.50. The second-order valence-electron chi connectivity index (χ2n) is 4.80. The molecule has 0 spiro atoms. The predicted octanol–water partition coefficient (Wildman–Crippen LogP) is 2.22. The van der Waals surface area contributed by atoms with E-state index in [0.717, 1.165) is 19.6 Å². The number of likely N-dealkylation sites (N-methyl/N-ethyl adjacent to an activating group) is 1. The van der Waals surface area contributed by atoms with Crippen molar-refractivity contribution in [2.24, 2.45) is 5.73 Å². The van der Waals surface area contributed by atoms with Gasteiger partial charge in [-0.3, -0.25) is 0 Å².